The minimum Gasteiger partial charge on any atom is -0.465 e. The fraction of sp³-hybridized carbons (Fsp3) is 0.250. The minimum absolute atomic E-state index is 0.219. The van der Waals surface area contributed by atoms with E-state index in [0.29, 0.717) is 59.2 Å². The third kappa shape index (κ3) is 5.11. The van der Waals surface area contributed by atoms with Gasteiger partial charge in [0.1, 0.15) is 15.5 Å². The molecule has 0 spiro atoms. The first-order chi connectivity index (χ1) is 18.7. The van der Waals surface area contributed by atoms with Crippen molar-refractivity contribution in [3.05, 3.63) is 90.0 Å². The first-order valence-electron chi connectivity index (χ1n) is 12.3. The van der Waals surface area contributed by atoms with E-state index in [1.165, 1.54) is 24.4 Å². The lowest BCUT2D eigenvalue weighted by molar-refractivity contribution is 0.0605. The van der Waals surface area contributed by atoms with E-state index in [2.05, 4.69) is 23.8 Å². The third-order valence-corrected chi connectivity index (χ3v) is 9.04. The molecule has 0 aliphatic heterocycles. The Balaban J connectivity index is 1.57. The number of ether oxygens (including phenoxy) is 1. The normalized spacial score (nSPS) is 12.2. The number of rotatable bonds is 7. The number of hydrogen-bond donors (Lipinski definition) is 1. The number of thioether (sulfide) groups is 1. The van der Waals surface area contributed by atoms with Crippen LogP contribution in [0.4, 0.5) is 0 Å². The predicted octanol–water partition coefficient (Wildman–Crippen LogP) is 6.24. The maximum Gasteiger partial charge on any atom is 0.348 e. The van der Waals surface area contributed by atoms with Crippen molar-refractivity contribution in [3.8, 4) is 5.69 Å². The summed E-state index contributed by atoms with van der Waals surface area (Å²) in [6.07, 6.45) is 1.01. The number of methoxy groups -OCH3 is 1. The Labute approximate surface area is 237 Å². The van der Waals surface area contributed by atoms with Gasteiger partial charge in [0.25, 0.3) is 11.1 Å². The first kappa shape index (κ1) is 27.1. The van der Waals surface area contributed by atoms with Crippen LogP contribution in [0, 0.1) is 6.92 Å². The Morgan fingerprint density at radius 1 is 1.18 bits per heavy atom. The van der Waals surface area contributed by atoms with Gasteiger partial charge >= 0.3 is 5.97 Å². The van der Waals surface area contributed by atoms with E-state index < -0.39 is 5.97 Å². The van der Waals surface area contributed by atoms with Crippen molar-refractivity contribution in [2.24, 2.45) is 0 Å². The van der Waals surface area contributed by atoms with Gasteiger partial charge in [0.2, 0.25) is 0 Å². The molecule has 2 aromatic carbocycles. The summed E-state index contributed by atoms with van der Waals surface area (Å²) in [5.74, 6) is 0.529. The van der Waals surface area contributed by atoms with E-state index in [-0.39, 0.29) is 16.9 Å². The first-order valence-corrected chi connectivity index (χ1v) is 14.5. The second-order valence-corrected chi connectivity index (χ2v) is 11.5. The van der Waals surface area contributed by atoms with Crippen molar-refractivity contribution in [1.29, 1.82) is 0 Å². The van der Waals surface area contributed by atoms with Gasteiger partial charge < -0.3 is 9.72 Å². The van der Waals surface area contributed by atoms with Crippen molar-refractivity contribution in [3.63, 3.8) is 0 Å². The molecule has 0 amide bonds. The second kappa shape index (κ2) is 11.0. The lowest BCUT2D eigenvalue weighted by atomic mass is 9.98. The minimum atomic E-state index is -0.506. The monoisotopic (exact) mass is 580 g/mol. The molecule has 0 saturated carbocycles. The van der Waals surface area contributed by atoms with Crippen LogP contribution < -0.4 is 11.1 Å². The topological polar surface area (TPSA) is 107 Å². The lowest BCUT2D eigenvalue weighted by Gasteiger charge is -2.15. The average Bonchev–Trinajstić information content (AvgIpc) is 3.27. The Hall–Kier alpha value is -3.47. The molecule has 5 aromatic rings. The molecule has 0 unspecified atom stereocenters. The molecular formula is C28H25ClN4O4S2. The standard InChI is InChI=1S/C28H25ClN4O4S2/c1-5-14(2)16-6-9-18(10-7-16)33-26(35)19-11-8-17(29)12-20(19)30-28(33)38-13-21-31-24(34)22-15(3)23(27(36)37-4)39-25(22)32-21/h6-12,14H,5,13H2,1-4H3,(H,31,32,34)/t14-/m1/s1. The molecule has 5 rings (SSSR count). The second-order valence-electron chi connectivity index (χ2n) is 9.13. The summed E-state index contributed by atoms with van der Waals surface area (Å²) in [4.78, 5) is 51.6. The SMILES string of the molecule is CC[C@@H](C)c1ccc(-n2c(SCc3nc4sc(C(=O)OC)c(C)c4c(=O)[nH]3)nc3cc(Cl)ccc3c2=O)cc1. The molecule has 11 heteroatoms. The Kier molecular flexibility index (Phi) is 7.61. The van der Waals surface area contributed by atoms with Gasteiger partial charge in [0.15, 0.2) is 5.16 Å². The number of carbonyl (C=O) groups is 1. The fourth-order valence-electron chi connectivity index (χ4n) is 4.33. The highest BCUT2D eigenvalue weighted by molar-refractivity contribution is 7.98. The summed E-state index contributed by atoms with van der Waals surface area (Å²) in [5, 5.41) is 1.73. The van der Waals surface area contributed by atoms with Crippen molar-refractivity contribution in [2.45, 2.75) is 44.0 Å². The maximum atomic E-state index is 13.7. The number of halogens is 1. The summed E-state index contributed by atoms with van der Waals surface area (Å²) in [7, 11) is 1.30. The molecule has 8 nitrogen and oxygen atoms in total. The third-order valence-electron chi connectivity index (χ3n) is 6.69. The van der Waals surface area contributed by atoms with Crippen molar-refractivity contribution >= 4 is 61.8 Å². The van der Waals surface area contributed by atoms with Crippen LogP contribution in [-0.4, -0.2) is 32.6 Å². The van der Waals surface area contributed by atoms with Crippen LogP contribution in [0.3, 0.4) is 0 Å². The molecule has 200 valence electrons. The van der Waals surface area contributed by atoms with Crippen LogP contribution in [0.5, 0.6) is 0 Å². The van der Waals surface area contributed by atoms with E-state index >= 15 is 0 Å². The van der Waals surface area contributed by atoms with Crippen molar-refractivity contribution in [1.82, 2.24) is 19.5 Å². The number of hydrogen-bond acceptors (Lipinski definition) is 8. The van der Waals surface area contributed by atoms with Crippen LogP contribution in [0.15, 0.2) is 57.2 Å². The summed E-state index contributed by atoms with van der Waals surface area (Å²) < 4.78 is 6.41. The van der Waals surface area contributed by atoms with Gasteiger partial charge in [-0.1, -0.05) is 49.3 Å². The fourth-order valence-corrected chi connectivity index (χ4v) is 6.50. The molecule has 3 aromatic heterocycles. The number of carbonyl (C=O) groups excluding carboxylic acids is 1. The highest BCUT2D eigenvalue weighted by Gasteiger charge is 2.20. The van der Waals surface area contributed by atoms with Crippen molar-refractivity contribution in [2.75, 3.05) is 7.11 Å². The number of fused-ring (bicyclic) bond motifs is 2. The smallest absolute Gasteiger partial charge is 0.348 e. The van der Waals surface area contributed by atoms with Crippen LogP contribution in [0.25, 0.3) is 26.8 Å². The predicted molar refractivity (Wildman–Crippen MR) is 157 cm³/mol. The zero-order chi connectivity index (χ0) is 27.8. The van der Waals surface area contributed by atoms with Gasteiger partial charge in [-0.15, -0.1) is 11.3 Å². The van der Waals surface area contributed by atoms with Crippen molar-refractivity contribution < 1.29 is 9.53 Å². The number of nitrogens with zero attached hydrogens (tertiary/aromatic N) is 3. The zero-order valence-corrected chi connectivity index (χ0v) is 24.1. The lowest BCUT2D eigenvalue weighted by Crippen LogP contribution is -2.22. The van der Waals surface area contributed by atoms with E-state index in [0.717, 1.165) is 17.8 Å². The summed E-state index contributed by atoms with van der Waals surface area (Å²) in [6, 6.07) is 12.9. The highest BCUT2D eigenvalue weighted by atomic mass is 35.5. The van der Waals surface area contributed by atoms with Gasteiger partial charge in [-0.3, -0.25) is 14.2 Å². The molecule has 1 N–H and O–H groups in total. The van der Waals surface area contributed by atoms with Gasteiger partial charge in [-0.2, -0.15) is 0 Å². The Bertz CT molecular complexity index is 1840. The zero-order valence-electron chi connectivity index (χ0n) is 21.7. The number of aryl methyl sites for hydroxylation is 1. The molecule has 0 aliphatic rings. The molecular weight excluding hydrogens is 556 g/mol. The van der Waals surface area contributed by atoms with Crippen LogP contribution in [0.1, 0.15) is 52.8 Å². The summed E-state index contributed by atoms with van der Waals surface area (Å²) in [6.45, 7) is 6.00. The molecule has 0 fully saturated rings. The van der Waals surface area contributed by atoms with Gasteiger partial charge in [-0.25, -0.2) is 14.8 Å². The number of thiophene rings is 1. The number of esters is 1. The van der Waals surface area contributed by atoms with Gasteiger partial charge in [-0.05, 0) is 60.7 Å². The van der Waals surface area contributed by atoms with Crippen LogP contribution in [0.2, 0.25) is 5.02 Å². The highest BCUT2D eigenvalue weighted by Crippen LogP contribution is 2.30. The Morgan fingerprint density at radius 3 is 2.62 bits per heavy atom. The number of benzene rings is 2. The Morgan fingerprint density at radius 2 is 1.92 bits per heavy atom. The van der Waals surface area contributed by atoms with E-state index in [1.807, 2.05) is 24.3 Å². The largest absolute Gasteiger partial charge is 0.465 e. The maximum absolute atomic E-state index is 13.7. The molecule has 0 bridgehead atoms. The van der Waals surface area contributed by atoms with E-state index in [4.69, 9.17) is 21.3 Å². The summed E-state index contributed by atoms with van der Waals surface area (Å²) >= 11 is 8.59. The van der Waals surface area contributed by atoms with Crippen LogP contribution in [-0.2, 0) is 10.5 Å². The number of H-pyrrole nitrogens is 1. The molecule has 39 heavy (non-hydrogen) atoms. The molecule has 1 atom stereocenters. The average molecular weight is 581 g/mol. The van der Waals surface area contributed by atoms with Gasteiger partial charge in [0.05, 0.1) is 34.8 Å². The molecule has 0 aliphatic carbocycles. The summed E-state index contributed by atoms with van der Waals surface area (Å²) in [5.41, 5.74) is 2.34. The number of aromatic nitrogens is 4. The quantitative estimate of drug-likeness (QED) is 0.138. The number of nitrogens with one attached hydrogen (secondary N) is 1. The molecule has 0 radical (unpaired) electrons. The van der Waals surface area contributed by atoms with Crippen LogP contribution >= 0.6 is 34.7 Å². The van der Waals surface area contributed by atoms with E-state index in [1.54, 1.807) is 29.7 Å². The van der Waals surface area contributed by atoms with Gasteiger partial charge in [0, 0.05) is 5.02 Å². The van der Waals surface area contributed by atoms with E-state index in [9.17, 15) is 14.4 Å². The molecule has 0 saturated heterocycles. The molecule has 3 heterocycles. The number of aromatic amines is 1.